The lowest BCUT2D eigenvalue weighted by atomic mass is 10.1. The van der Waals surface area contributed by atoms with E-state index in [4.69, 9.17) is 5.73 Å². The van der Waals surface area contributed by atoms with Crippen LogP contribution in [0.1, 0.15) is 29.3 Å². The fourth-order valence-corrected chi connectivity index (χ4v) is 1.67. The minimum atomic E-state index is -0.0763. The number of hydrogen-bond donors (Lipinski definition) is 2. The van der Waals surface area contributed by atoms with Gasteiger partial charge in [0.2, 0.25) is 0 Å². The molecule has 1 rings (SSSR count). The van der Waals surface area contributed by atoms with Gasteiger partial charge in [-0.3, -0.25) is 4.79 Å². The van der Waals surface area contributed by atoms with Crippen molar-refractivity contribution in [1.82, 2.24) is 4.90 Å². The molecule has 1 aromatic carbocycles. The average molecular weight is 236 g/mol. The summed E-state index contributed by atoms with van der Waals surface area (Å²) in [6.45, 7) is 5.49. The van der Waals surface area contributed by atoms with Gasteiger partial charge in [0.1, 0.15) is 5.75 Å². The fourth-order valence-electron chi connectivity index (χ4n) is 1.67. The van der Waals surface area contributed by atoms with Crippen molar-refractivity contribution in [3.05, 3.63) is 29.3 Å². The maximum absolute atomic E-state index is 12.1. The third kappa shape index (κ3) is 3.46. The summed E-state index contributed by atoms with van der Waals surface area (Å²) in [6, 6.07) is 4.99. The summed E-state index contributed by atoms with van der Waals surface area (Å²) in [6.07, 6.45) is 0.892. The Labute approximate surface area is 102 Å². The third-order valence-corrected chi connectivity index (χ3v) is 2.64. The number of aromatic hydroxyl groups is 1. The van der Waals surface area contributed by atoms with Gasteiger partial charge in [0.15, 0.2) is 0 Å². The van der Waals surface area contributed by atoms with Gasteiger partial charge in [-0.25, -0.2) is 0 Å². The van der Waals surface area contributed by atoms with E-state index >= 15 is 0 Å². The van der Waals surface area contributed by atoms with E-state index in [1.54, 1.807) is 24.0 Å². The second-order valence-corrected chi connectivity index (χ2v) is 4.08. The first-order valence-electron chi connectivity index (χ1n) is 5.89. The normalized spacial score (nSPS) is 10.3. The largest absolute Gasteiger partial charge is 0.508 e. The summed E-state index contributed by atoms with van der Waals surface area (Å²) in [7, 11) is 0. The van der Waals surface area contributed by atoms with Crippen molar-refractivity contribution < 1.29 is 9.90 Å². The minimum absolute atomic E-state index is 0.0763. The molecule has 0 spiro atoms. The van der Waals surface area contributed by atoms with Crippen LogP contribution in [0.3, 0.4) is 0 Å². The quantitative estimate of drug-likeness (QED) is 0.814. The first-order valence-corrected chi connectivity index (χ1v) is 5.89. The number of amides is 1. The molecule has 0 aliphatic heterocycles. The third-order valence-electron chi connectivity index (χ3n) is 2.64. The lowest BCUT2D eigenvalue weighted by molar-refractivity contribution is 0.0760. The molecule has 0 heterocycles. The van der Waals surface area contributed by atoms with Crippen molar-refractivity contribution in [3.8, 4) is 5.75 Å². The van der Waals surface area contributed by atoms with E-state index in [1.165, 1.54) is 6.07 Å². The molecule has 0 aliphatic carbocycles. The van der Waals surface area contributed by atoms with Crippen molar-refractivity contribution in [3.63, 3.8) is 0 Å². The first kappa shape index (κ1) is 13.5. The van der Waals surface area contributed by atoms with Crippen LogP contribution < -0.4 is 5.73 Å². The summed E-state index contributed by atoms with van der Waals surface area (Å²) in [5.74, 6) is 0.0765. The smallest absolute Gasteiger partial charge is 0.254 e. The molecule has 0 fully saturated rings. The highest BCUT2D eigenvalue weighted by Gasteiger charge is 2.14. The SMILES string of the molecule is CCCN(CCN)C(=O)c1ccc(C)c(O)c1. The lowest BCUT2D eigenvalue weighted by Gasteiger charge is -2.21. The molecule has 1 aromatic rings. The highest BCUT2D eigenvalue weighted by atomic mass is 16.3. The van der Waals surface area contributed by atoms with Crippen molar-refractivity contribution in [1.29, 1.82) is 0 Å². The van der Waals surface area contributed by atoms with E-state index in [1.807, 2.05) is 6.92 Å². The summed E-state index contributed by atoms with van der Waals surface area (Å²) in [5, 5.41) is 9.60. The number of benzene rings is 1. The number of hydrogen-bond acceptors (Lipinski definition) is 3. The van der Waals surface area contributed by atoms with E-state index in [2.05, 4.69) is 0 Å². The van der Waals surface area contributed by atoms with Gasteiger partial charge < -0.3 is 15.7 Å². The van der Waals surface area contributed by atoms with Gasteiger partial charge in [-0.2, -0.15) is 0 Å². The molecule has 4 heteroatoms. The Morgan fingerprint density at radius 3 is 2.65 bits per heavy atom. The zero-order valence-corrected chi connectivity index (χ0v) is 10.4. The Morgan fingerprint density at radius 1 is 1.41 bits per heavy atom. The van der Waals surface area contributed by atoms with Gasteiger partial charge in [-0.1, -0.05) is 13.0 Å². The number of phenols is 1. The second kappa shape index (κ2) is 6.25. The zero-order valence-electron chi connectivity index (χ0n) is 10.4. The molecule has 0 radical (unpaired) electrons. The molecule has 0 atom stereocenters. The van der Waals surface area contributed by atoms with Gasteiger partial charge in [0.05, 0.1) is 0 Å². The molecule has 0 aliphatic rings. The Bertz CT molecular complexity index is 385. The molecule has 0 bridgehead atoms. The van der Waals surface area contributed by atoms with E-state index in [0.717, 1.165) is 12.0 Å². The molecule has 0 saturated heterocycles. The molecule has 17 heavy (non-hydrogen) atoms. The van der Waals surface area contributed by atoms with E-state index in [0.29, 0.717) is 25.2 Å². The first-order chi connectivity index (χ1) is 8.10. The topological polar surface area (TPSA) is 66.6 Å². The number of nitrogens with two attached hydrogens (primary N) is 1. The Kier molecular flexibility index (Phi) is 4.97. The van der Waals surface area contributed by atoms with Crippen LogP contribution in [0.15, 0.2) is 18.2 Å². The monoisotopic (exact) mass is 236 g/mol. The maximum Gasteiger partial charge on any atom is 0.254 e. The molecule has 1 amide bonds. The molecule has 3 N–H and O–H groups in total. The average Bonchev–Trinajstić information content (AvgIpc) is 2.31. The molecule has 0 saturated carbocycles. The highest BCUT2D eigenvalue weighted by Crippen LogP contribution is 2.18. The van der Waals surface area contributed by atoms with Crippen molar-refractivity contribution in [2.45, 2.75) is 20.3 Å². The number of phenolic OH excluding ortho intramolecular Hbond substituents is 1. The lowest BCUT2D eigenvalue weighted by Crippen LogP contribution is -2.35. The predicted molar refractivity (Wildman–Crippen MR) is 68.1 cm³/mol. The second-order valence-electron chi connectivity index (χ2n) is 4.08. The maximum atomic E-state index is 12.1. The van der Waals surface area contributed by atoms with Gasteiger partial charge in [-0.15, -0.1) is 0 Å². The summed E-state index contributed by atoms with van der Waals surface area (Å²) in [4.78, 5) is 13.9. The van der Waals surface area contributed by atoms with Crippen molar-refractivity contribution in [2.24, 2.45) is 5.73 Å². The summed E-state index contributed by atoms with van der Waals surface area (Å²) >= 11 is 0. The van der Waals surface area contributed by atoms with E-state index in [-0.39, 0.29) is 11.7 Å². The fraction of sp³-hybridized carbons (Fsp3) is 0.462. The molecular formula is C13H20N2O2. The Hall–Kier alpha value is -1.55. The van der Waals surface area contributed by atoms with Crippen LogP contribution >= 0.6 is 0 Å². The minimum Gasteiger partial charge on any atom is -0.508 e. The predicted octanol–water partition coefficient (Wildman–Crippen LogP) is 1.51. The van der Waals surface area contributed by atoms with Gasteiger partial charge in [0.25, 0.3) is 5.91 Å². The molecular weight excluding hydrogens is 216 g/mol. The Balaban J connectivity index is 2.88. The van der Waals surface area contributed by atoms with E-state index in [9.17, 15) is 9.90 Å². The molecule has 4 nitrogen and oxygen atoms in total. The van der Waals surface area contributed by atoms with Crippen LogP contribution in [0.4, 0.5) is 0 Å². The van der Waals surface area contributed by atoms with Crippen molar-refractivity contribution in [2.75, 3.05) is 19.6 Å². The number of rotatable bonds is 5. The van der Waals surface area contributed by atoms with Crippen LogP contribution in [-0.4, -0.2) is 35.5 Å². The number of nitrogens with zero attached hydrogens (tertiary/aromatic N) is 1. The summed E-state index contributed by atoms with van der Waals surface area (Å²) in [5.41, 5.74) is 6.76. The van der Waals surface area contributed by atoms with Crippen LogP contribution in [0.25, 0.3) is 0 Å². The number of carbonyl (C=O) groups excluding carboxylic acids is 1. The Morgan fingerprint density at radius 2 is 2.12 bits per heavy atom. The van der Waals surface area contributed by atoms with E-state index < -0.39 is 0 Å². The summed E-state index contributed by atoms with van der Waals surface area (Å²) < 4.78 is 0. The van der Waals surface area contributed by atoms with Crippen LogP contribution in [0, 0.1) is 6.92 Å². The molecule has 94 valence electrons. The van der Waals surface area contributed by atoms with Crippen molar-refractivity contribution >= 4 is 5.91 Å². The standard InChI is InChI=1S/C13H20N2O2/c1-3-7-15(8-6-14)13(17)11-5-4-10(2)12(16)9-11/h4-5,9,16H,3,6-8,14H2,1-2H3. The van der Waals surface area contributed by atoms with Gasteiger partial charge in [0, 0.05) is 25.2 Å². The van der Waals surface area contributed by atoms with Crippen LogP contribution in [-0.2, 0) is 0 Å². The van der Waals surface area contributed by atoms with Crippen LogP contribution in [0.2, 0.25) is 0 Å². The molecule has 0 unspecified atom stereocenters. The highest BCUT2D eigenvalue weighted by molar-refractivity contribution is 5.94. The number of carbonyl (C=O) groups is 1. The van der Waals surface area contributed by atoms with Gasteiger partial charge >= 0.3 is 0 Å². The van der Waals surface area contributed by atoms with Gasteiger partial charge in [-0.05, 0) is 31.0 Å². The zero-order chi connectivity index (χ0) is 12.8. The van der Waals surface area contributed by atoms with Crippen LogP contribution in [0.5, 0.6) is 5.75 Å². The number of aryl methyl sites for hydroxylation is 1. The molecule has 0 aromatic heterocycles.